The highest BCUT2D eigenvalue weighted by atomic mass is 16.5. The molecule has 1 aliphatic rings. The Labute approximate surface area is 116 Å². The van der Waals surface area contributed by atoms with Crippen LogP contribution < -0.4 is 10.6 Å². The minimum atomic E-state index is 0.252. The van der Waals surface area contributed by atoms with Gasteiger partial charge in [0.25, 0.3) is 0 Å². The molecule has 2 N–H and O–H groups in total. The molecule has 0 spiro atoms. The number of pyridine rings is 1. The first-order chi connectivity index (χ1) is 9.12. The van der Waals surface area contributed by atoms with Crippen LogP contribution in [0.2, 0.25) is 0 Å². The molecule has 2 atom stereocenters. The monoisotopic (exact) mass is 263 g/mol. The Hall–Kier alpha value is -1.13. The first kappa shape index (κ1) is 14.3. The lowest BCUT2D eigenvalue weighted by Crippen LogP contribution is -2.46. The number of morpholine rings is 1. The largest absolute Gasteiger partial charge is 0.372 e. The molecule has 0 aromatic carbocycles. The van der Waals surface area contributed by atoms with Gasteiger partial charge in [0.1, 0.15) is 5.82 Å². The summed E-state index contributed by atoms with van der Waals surface area (Å²) >= 11 is 0. The number of aromatic nitrogens is 1. The quantitative estimate of drug-likeness (QED) is 0.904. The van der Waals surface area contributed by atoms with Gasteiger partial charge in [-0.1, -0.05) is 13.3 Å². The van der Waals surface area contributed by atoms with Crippen molar-refractivity contribution in [1.82, 2.24) is 4.98 Å². The molecule has 1 fully saturated rings. The van der Waals surface area contributed by atoms with Crippen LogP contribution in [0.25, 0.3) is 0 Å². The van der Waals surface area contributed by atoms with Crippen LogP contribution in [0.5, 0.6) is 0 Å². The predicted molar refractivity (Wildman–Crippen MR) is 78.3 cm³/mol. The van der Waals surface area contributed by atoms with Crippen LogP contribution in [0, 0.1) is 0 Å². The van der Waals surface area contributed by atoms with Crippen molar-refractivity contribution >= 4 is 5.82 Å². The summed E-state index contributed by atoms with van der Waals surface area (Å²) in [4.78, 5) is 7.10. The fraction of sp³-hybridized carbons (Fsp3) is 0.667. The van der Waals surface area contributed by atoms with E-state index in [2.05, 4.69) is 37.8 Å². The third kappa shape index (κ3) is 3.67. The zero-order chi connectivity index (χ0) is 13.8. The molecule has 106 valence electrons. The number of nitrogens with two attached hydrogens (primary N) is 1. The lowest BCUT2D eigenvalue weighted by molar-refractivity contribution is -0.00547. The highest BCUT2D eigenvalue weighted by Crippen LogP contribution is 2.21. The molecule has 2 heterocycles. The summed E-state index contributed by atoms with van der Waals surface area (Å²) in [7, 11) is 0. The molecular weight excluding hydrogens is 238 g/mol. The topological polar surface area (TPSA) is 51.4 Å². The average molecular weight is 263 g/mol. The van der Waals surface area contributed by atoms with Gasteiger partial charge in [-0.05, 0) is 38.0 Å². The van der Waals surface area contributed by atoms with Crippen LogP contribution in [0.4, 0.5) is 5.82 Å². The number of aryl methyl sites for hydroxylation is 1. The maximum atomic E-state index is 5.80. The molecule has 0 saturated carbocycles. The molecule has 2 unspecified atom stereocenters. The fourth-order valence-corrected chi connectivity index (χ4v) is 2.66. The van der Waals surface area contributed by atoms with E-state index in [1.54, 1.807) is 0 Å². The Bertz CT molecular complexity index is 412. The van der Waals surface area contributed by atoms with Crippen molar-refractivity contribution in [3.63, 3.8) is 0 Å². The maximum Gasteiger partial charge on any atom is 0.129 e. The van der Waals surface area contributed by atoms with E-state index >= 15 is 0 Å². The molecular formula is C15H25N3O. The molecule has 1 saturated heterocycles. The Kier molecular flexibility index (Phi) is 4.77. The second kappa shape index (κ2) is 6.35. The van der Waals surface area contributed by atoms with Crippen molar-refractivity contribution in [2.24, 2.45) is 5.73 Å². The van der Waals surface area contributed by atoms with E-state index in [9.17, 15) is 0 Å². The molecule has 1 aromatic rings. The van der Waals surface area contributed by atoms with Crippen molar-refractivity contribution in [1.29, 1.82) is 0 Å². The van der Waals surface area contributed by atoms with Crippen LogP contribution in [0.3, 0.4) is 0 Å². The first-order valence-electron chi connectivity index (χ1n) is 7.22. The molecule has 2 rings (SSSR count). The molecule has 19 heavy (non-hydrogen) atoms. The van der Waals surface area contributed by atoms with Gasteiger partial charge < -0.3 is 15.4 Å². The van der Waals surface area contributed by atoms with Gasteiger partial charge in [0, 0.05) is 25.3 Å². The molecule has 1 aromatic heterocycles. The van der Waals surface area contributed by atoms with E-state index in [0.717, 1.165) is 37.4 Å². The second-order valence-electron chi connectivity index (χ2n) is 5.44. The highest BCUT2D eigenvalue weighted by Gasteiger charge is 2.23. The van der Waals surface area contributed by atoms with E-state index in [4.69, 9.17) is 15.5 Å². The molecule has 4 nitrogen and oxygen atoms in total. The molecule has 0 radical (unpaired) electrons. The lowest BCUT2D eigenvalue weighted by Gasteiger charge is -2.36. The first-order valence-corrected chi connectivity index (χ1v) is 7.22. The fourth-order valence-electron chi connectivity index (χ4n) is 2.66. The van der Waals surface area contributed by atoms with Gasteiger partial charge in [-0.3, -0.25) is 0 Å². The van der Waals surface area contributed by atoms with Crippen LogP contribution in [-0.2, 0) is 17.7 Å². The summed E-state index contributed by atoms with van der Waals surface area (Å²) < 4.78 is 5.78. The number of anilines is 1. The SMILES string of the molecule is CCCc1cc(CN)cc(N2CC(C)OC(C)C2)n1. The maximum absolute atomic E-state index is 5.80. The van der Waals surface area contributed by atoms with Gasteiger partial charge in [-0.2, -0.15) is 0 Å². The van der Waals surface area contributed by atoms with E-state index in [1.807, 2.05) is 0 Å². The minimum absolute atomic E-state index is 0.252. The van der Waals surface area contributed by atoms with Gasteiger partial charge in [0.05, 0.1) is 12.2 Å². The van der Waals surface area contributed by atoms with Crippen LogP contribution in [0.15, 0.2) is 12.1 Å². The van der Waals surface area contributed by atoms with Crippen molar-refractivity contribution in [2.45, 2.75) is 52.4 Å². The van der Waals surface area contributed by atoms with E-state index in [1.165, 1.54) is 5.56 Å². The normalized spacial score (nSPS) is 23.7. The number of hydrogen-bond acceptors (Lipinski definition) is 4. The van der Waals surface area contributed by atoms with Gasteiger partial charge in [0.15, 0.2) is 0 Å². The van der Waals surface area contributed by atoms with E-state index in [-0.39, 0.29) is 12.2 Å². The third-order valence-electron chi connectivity index (χ3n) is 3.41. The summed E-state index contributed by atoms with van der Waals surface area (Å²) in [5, 5.41) is 0. The Morgan fingerprint density at radius 3 is 2.58 bits per heavy atom. The Balaban J connectivity index is 2.24. The third-order valence-corrected chi connectivity index (χ3v) is 3.41. The van der Waals surface area contributed by atoms with E-state index in [0.29, 0.717) is 6.54 Å². The summed E-state index contributed by atoms with van der Waals surface area (Å²) in [6.45, 7) is 8.77. The lowest BCUT2D eigenvalue weighted by atomic mass is 10.1. The number of rotatable bonds is 4. The standard InChI is InChI=1S/C15H25N3O/c1-4-5-14-6-13(8-16)7-15(17-14)18-9-11(2)19-12(3)10-18/h6-7,11-12H,4-5,8-10,16H2,1-3H3. The second-order valence-corrected chi connectivity index (χ2v) is 5.44. The summed E-state index contributed by atoms with van der Waals surface area (Å²) in [5.41, 5.74) is 8.11. The van der Waals surface area contributed by atoms with Crippen LogP contribution >= 0.6 is 0 Å². The summed E-state index contributed by atoms with van der Waals surface area (Å²) in [6, 6.07) is 4.24. The summed E-state index contributed by atoms with van der Waals surface area (Å²) in [6.07, 6.45) is 2.62. The zero-order valence-corrected chi connectivity index (χ0v) is 12.2. The average Bonchev–Trinajstić information content (AvgIpc) is 2.37. The molecule has 4 heteroatoms. The smallest absolute Gasteiger partial charge is 0.129 e. The number of ether oxygens (including phenoxy) is 1. The van der Waals surface area contributed by atoms with Gasteiger partial charge in [-0.15, -0.1) is 0 Å². The van der Waals surface area contributed by atoms with Crippen LogP contribution in [-0.4, -0.2) is 30.3 Å². The Morgan fingerprint density at radius 1 is 1.32 bits per heavy atom. The number of hydrogen-bond donors (Lipinski definition) is 1. The van der Waals surface area contributed by atoms with Gasteiger partial charge in [0.2, 0.25) is 0 Å². The number of nitrogens with zero attached hydrogens (tertiary/aromatic N) is 2. The summed E-state index contributed by atoms with van der Waals surface area (Å²) in [5.74, 6) is 1.05. The van der Waals surface area contributed by atoms with E-state index < -0.39 is 0 Å². The van der Waals surface area contributed by atoms with Crippen molar-refractivity contribution < 1.29 is 4.74 Å². The molecule has 0 bridgehead atoms. The van der Waals surface area contributed by atoms with Crippen molar-refractivity contribution in [2.75, 3.05) is 18.0 Å². The minimum Gasteiger partial charge on any atom is -0.372 e. The zero-order valence-electron chi connectivity index (χ0n) is 12.2. The Morgan fingerprint density at radius 2 is 2.00 bits per heavy atom. The van der Waals surface area contributed by atoms with Crippen molar-refractivity contribution in [3.05, 3.63) is 23.4 Å². The predicted octanol–water partition coefficient (Wildman–Crippen LogP) is 2.11. The van der Waals surface area contributed by atoms with Crippen LogP contribution in [0.1, 0.15) is 38.4 Å². The van der Waals surface area contributed by atoms with Crippen molar-refractivity contribution in [3.8, 4) is 0 Å². The molecule has 0 amide bonds. The molecule has 0 aliphatic carbocycles. The molecule has 1 aliphatic heterocycles. The highest BCUT2D eigenvalue weighted by molar-refractivity contribution is 5.43. The van der Waals surface area contributed by atoms with Gasteiger partial charge >= 0.3 is 0 Å². The van der Waals surface area contributed by atoms with Gasteiger partial charge in [-0.25, -0.2) is 4.98 Å².